The number of likely N-dealkylation sites (N-methyl/N-ethyl adjacent to an activating group) is 1. The molecule has 1 heterocycles. The number of carbonyl (C=O) groups excluding carboxylic acids is 2. The van der Waals surface area contributed by atoms with Crippen LogP contribution in [0, 0.1) is 5.82 Å². The molecule has 2 aromatic carbocycles. The Kier molecular flexibility index (Phi) is 5.23. The van der Waals surface area contributed by atoms with Crippen LogP contribution in [0.25, 0.3) is 6.08 Å². The fraction of sp³-hybridized carbons (Fsp3) is 0.158. The smallest absolute Gasteiger partial charge is 0.262 e. The predicted octanol–water partition coefficient (Wildman–Crippen LogP) is 3.03. The molecule has 0 spiro atoms. The predicted molar refractivity (Wildman–Crippen MR) is 97.7 cm³/mol. The molecular weight excluding hydrogens is 359 g/mol. The molecule has 0 saturated carbocycles. The van der Waals surface area contributed by atoms with Crippen molar-refractivity contribution >= 4 is 35.2 Å². The number of rotatable bonds is 3. The van der Waals surface area contributed by atoms with Gasteiger partial charge in [-0.25, -0.2) is 4.39 Å². The maximum Gasteiger partial charge on any atom is 0.262 e. The number of anilines is 1. The summed E-state index contributed by atoms with van der Waals surface area (Å²) in [7, 11) is 1.51. The number of nitrogens with one attached hydrogen (secondary N) is 1. The molecule has 0 fully saturated rings. The molecule has 1 aliphatic rings. The second-order valence-electron chi connectivity index (χ2n) is 5.64. The Labute approximate surface area is 155 Å². The van der Waals surface area contributed by atoms with Gasteiger partial charge >= 0.3 is 0 Å². The summed E-state index contributed by atoms with van der Waals surface area (Å²) in [6.45, 7) is 0.0873. The normalized spacial score (nSPS) is 16.1. The number of benzene rings is 2. The molecule has 1 N–H and O–H groups in total. The van der Waals surface area contributed by atoms with Crippen LogP contribution in [0.1, 0.15) is 5.56 Å². The highest BCUT2D eigenvalue weighted by atomic mass is 35.5. The molecule has 0 radical (unpaired) electrons. The number of fused-ring (bicyclic) bond motifs is 1. The number of ether oxygens (including phenoxy) is 1. The Morgan fingerprint density at radius 1 is 1.31 bits per heavy atom. The Morgan fingerprint density at radius 2 is 2.08 bits per heavy atom. The molecule has 2 aromatic rings. The van der Waals surface area contributed by atoms with E-state index in [0.717, 1.165) is 0 Å². The maximum absolute atomic E-state index is 13.2. The van der Waals surface area contributed by atoms with E-state index in [2.05, 4.69) is 5.32 Å². The van der Waals surface area contributed by atoms with Crippen molar-refractivity contribution in [3.63, 3.8) is 0 Å². The van der Waals surface area contributed by atoms with E-state index in [1.54, 1.807) is 30.3 Å². The molecule has 5 nitrogen and oxygen atoms in total. The topological polar surface area (TPSA) is 58.6 Å². The molecular formula is C19H16ClFN2O3. The van der Waals surface area contributed by atoms with Gasteiger partial charge < -0.3 is 15.0 Å². The molecule has 1 unspecified atom stereocenters. The first kappa shape index (κ1) is 17.9. The van der Waals surface area contributed by atoms with Crippen molar-refractivity contribution in [2.24, 2.45) is 0 Å². The Hall–Kier alpha value is -2.86. The summed E-state index contributed by atoms with van der Waals surface area (Å²) in [4.78, 5) is 26.1. The number of nitrogens with zero attached hydrogens (tertiary/aromatic N) is 1. The zero-order chi connectivity index (χ0) is 18.7. The van der Waals surface area contributed by atoms with Gasteiger partial charge in [0.05, 0.1) is 17.3 Å². The van der Waals surface area contributed by atoms with Crippen molar-refractivity contribution in [2.45, 2.75) is 6.10 Å². The third kappa shape index (κ3) is 3.70. The summed E-state index contributed by atoms with van der Waals surface area (Å²) in [6.07, 6.45) is 2.10. The molecule has 0 saturated heterocycles. The molecule has 7 heteroatoms. The lowest BCUT2D eigenvalue weighted by molar-refractivity contribution is -0.127. The quantitative estimate of drug-likeness (QED) is 0.840. The maximum atomic E-state index is 13.2. The highest BCUT2D eigenvalue weighted by Gasteiger charge is 2.32. The molecule has 0 aliphatic carbocycles. The van der Waals surface area contributed by atoms with Crippen LogP contribution in [0.15, 0.2) is 48.5 Å². The largest absolute Gasteiger partial charge is 0.477 e. The summed E-state index contributed by atoms with van der Waals surface area (Å²) in [5.41, 5.74) is 1.17. The third-order valence-electron chi connectivity index (χ3n) is 3.94. The Balaban J connectivity index is 1.86. The van der Waals surface area contributed by atoms with E-state index in [1.165, 1.54) is 36.2 Å². The van der Waals surface area contributed by atoms with Gasteiger partial charge in [-0.05, 0) is 35.9 Å². The number of para-hydroxylation sites is 2. The van der Waals surface area contributed by atoms with Gasteiger partial charge in [0.15, 0.2) is 6.10 Å². The average molecular weight is 375 g/mol. The lowest BCUT2D eigenvalue weighted by atomic mass is 10.1. The first-order chi connectivity index (χ1) is 12.5. The van der Waals surface area contributed by atoms with E-state index in [1.807, 2.05) is 0 Å². The average Bonchev–Trinajstić information content (AvgIpc) is 2.67. The van der Waals surface area contributed by atoms with E-state index in [-0.39, 0.29) is 23.4 Å². The van der Waals surface area contributed by atoms with Crippen molar-refractivity contribution in [1.29, 1.82) is 0 Å². The molecule has 2 amide bonds. The van der Waals surface area contributed by atoms with Crippen LogP contribution in [0.3, 0.4) is 0 Å². The van der Waals surface area contributed by atoms with Gasteiger partial charge in [0, 0.05) is 13.1 Å². The van der Waals surface area contributed by atoms with Crippen molar-refractivity contribution in [1.82, 2.24) is 5.32 Å². The second-order valence-corrected chi connectivity index (χ2v) is 6.05. The van der Waals surface area contributed by atoms with Crippen LogP contribution >= 0.6 is 11.6 Å². The van der Waals surface area contributed by atoms with Gasteiger partial charge in [0.2, 0.25) is 0 Å². The lowest BCUT2D eigenvalue weighted by Gasteiger charge is -2.33. The molecule has 0 bridgehead atoms. The first-order valence-corrected chi connectivity index (χ1v) is 8.29. The lowest BCUT2D eigenvalue weighted by Crippen LogP contribution is -2.49. The highest BCUT2D eigenvalue weighted by molar-refractivity contribution is 6.30. The summed E-state index contributed by atoms with van der Waals surface area (Å²) in [5.74, 6) is -0.703. The second kappa shape index (κ2) is 7.58. The van der Waals surface area contributed by atoms with Crippen molar-refractivity contribution in [3.8, 4) is 5.75 Å². The summed E-state index contributed by atoms with van der Waals surface area (Å²) in [6, 6.07) is 11.2. The molecule has 134 valence electrons. The van der Waals surface area contributed by atoms with Gasteiger partial charge in [-0.15, -0.1) is 0 Å². The number of hydrogen-bond donors (Lipinski definition) is 1. The molecule has 3 rings (SSSR count). The number of carbonyl (C=O) groups is 2. The Morgan fingerprint density at radius 3 is 2.81 bits per heavy atom. The van der Waals surface area contributed by atoms with Crippen molar-refractivity contribution in [2.75, 3.05) is 18.5 Å². The fourth-order valence-electron chi connectivity index (χ4n) is 2.61. The molecule has 0 aromatic heterocycles. The number of hydrogen-bond acceptors (Lipinski definition) is 3. The van der Waals surface area contributed by atoms with Crippen LogP contribution in [0.4, 0.5) is 10.1 Å². The van der Waals surface area contributed by atoms with Gasteiger partial charge in [-0.2, -0.15) is 0 Å². The molecule has 26 heavy (non-hydrogen) atoms. The minimum absolute atomic E-state index is 0.0176. The number of amides is 2. The monoisotopic (exact) mass is 374 g/mol. The zero-order valence-electron chi connectivity index (χ0n) is 13.9. The van der Waals surface area contributed by atoms with E-state index in [0.29, 0.717) is 17.0 Å². The van der Waals surface area contributed by atoms with E-state index >= 15 is 0 Å². The van der Waals surface area contributed by atoms with Crippen LogP contribution in [-0.4, -0.2) is 31.5 Å². The van der Waals surface area contributed by atoms with Crippen LogP contribution in [0.2, 0.25) is 5.02 Å². The highest BCUT2D eigenvalue weighted by Crippen LogP contribution is 2.33. The van der Waals surface area contributed by atoms with Gasteiger partial charge in [-0.1, -0.05) is 29.8 Å². The van der Waals surface area contributed by atoms with E-state index in [9.17, 15) is 14.0 Å². The zero-order valence-corrected chi connectivity index (χ0v) is 14.7. The third-order valence-corrected chi connectivity index (χ3v) is 4.23. The fourth-order valence-corrected chi connectivity index (χ4v) is 2.80. The van der Waals surface area contributed by atoms with Gasteiger partial charge in [0.25, 0.3) is 11.8 Å². The van der Waals surface area contributed by atoms with Crippen LogP contribution in [0.5, 0.6) is 5.75 Å². The molecule has 1 atom stereocenters. The molecule has 1 aliphatic heterocycles. The van der Waals surface area contributed by atoms with E-state index < -0.39 is 11.9 Å². The summed E-state index contributed by atoms with van der Waals surface area (Å²) in [5, 5.41) is 2.51. The minimum atomic E-state index is -0.799. The summed E-state index contributed by atoms with van der Waals surface area (Å²) >= 11 is 5.75. The number of halogens is 2. The van der Waals surface area contributed by atoms with E-state index in [4.69, 9.17) is 16.3 Å². The minimum Gasteiger partial charge on any atom is -0.477 e. The Bertz CT molecular complexity index is 885. The van der Waals surface area contributed by atoms with Crippen molar-refractivity contribution < 1.29 is 18.7 Å². The summed E-state index contributed by atoms with van der Waals surface area (Å²) < 4.78 is 18.9. The van der Waals surface area contributed by atoms with Gasteiger partial charge in [-0.3, -0.25) is 9.59 Å². The van der Waals surface area contributed by atoms with Gasteiger partial charge in [0.1, 0.15) is 11.6 Å². The first-order valence-electron chi connectivity index (χ1n) is 7.91. The van der Waals surface area contributed by atoms with Crippen molar-refractivity contribution in [3.05, 3.63) is 64.9 Å². The van der Waals surface area contributed by atoms with Crippen LogP contribution < -0.4 is 15.0 Å². The standard InChI is InChI=1S/C19H16ClFN2O3/c1-22-19(25)17-11-23(15-4-2-3-5-16(15)26-17)18(24)9-7-12-6-8-14(21)13(20)10-12/h2-10,17H,11H2,1H3,(H,22,25)/b9-7+. The SMILES string of the molecule is CNC(=O)C1CN(C(=O)/C=C/c2ccc(F)c(Cl)c2)c2ccccc2O1. The van der Waals surface area contributed by atoms with Crippen LogP contribution in [-0.2, 0) is 9.59 Å².